The molecular weight excluding hydrogens is 440 g/mol. The molecule has 0 saturated carbocycles. The minimum Gasteiger partial charge on any atom is -0.467 e. The molecule has 7 nitrogen and oxygen atoms in total. The number of likely N-dealkylation sites (tertiary alicyclic amines) is 1. The number of anilines is 1. The fourth-order valence-corrected chi connectivity index (χ4v) is 4.75. The smallest absolute Gasteiger partial charge is 0.257 e. The molecule has 0 spiro atoms. The zero-order chi connectivity index (χ0) is 24.2. The summed E-state index contributed by atoms with van der Waals surface area (Å²) in [7, 11) is 0. The minimum absolute atomic E-state index is 0.0460. The number of carbonyl (C=O) groups excluding carboxylic acids is 2. The van der Waals surface area contributed by atoms with Gasteiger partial charge in [0.2, 0.25) is 5.91 Å². The van der Waals surface area contributed by atoms with Crippen molar-refractivity contribution in [1.29, 1.82) is 0 Å². The van der Waals surface area contributed by atoms with Crippen molar-refractivity contribution in [3.05, 3.63) is 89.9 Å². The zero-order valence-electron chi connectivity index (χ0n) is 19.9. The summed E-state index contributed by atoms with van der Waals surface area (Å²) in [5.41, 5.74) is 3.91. The number of hydrogen-bond donors (Lipinski definition) is 1. The van der Waals surface area contributed by atoms with Crippen molar-refractivity contribution < 1.29 is 14.0 Å². The maximum absolute atomic E-state index is 13.4. The van der Waals surface area contributed by atoms with Crippen molar-refractivity contribution >= 4 is 23.2 Å². The summed E-state index contributed by atoms with van der Waals surface area (Å²) in [5.74, 6) is 0.684. The van der Waals surface area contributed by atoms with Crippen LogP contribution in [-0.4, -0.2) is 47.1 Å². The molecule has 2 amide bonds. The molecule has 1 aromatic heterocycles. The Morgan fingerprint density at radius 3 is 2.43 bits per heavy atom. The number of nitrogens with one attached hydrogen (secondary N) is 1. The molecule has 1 fully saturated rings. The fraction of sp³-hybridized carbons (Fsp3) is 0.321. The molecule has 3 aromatic rings. The van der Waals surface area contributed by atoms with E-state index in [0.717, 1.165) is 35.6 Å². The van der Waals surface area contributed by atoms with Gasteiger partial charge in [0.05, 0.1) is 18.5 Å². The summed E-state index contributed by atoms with van der Waals surface area (Å²) in [6, 6.07) is 21.2. The Hall–Kier alpha value is -3.71. The second kappa shape index (κ2) is 10.3. The standard InChI is InChI=1S/C28H30N4O3/c1-20-9-11-21(12-10-20)24-18-25(26-8-5-17-35-26)32(30-24)27(33)19-31-15-13-22(14-16-31)28(34)29-23-6-3-2-4-7-23/h2-12,17,22,25H,13-16,18-19H2,1H3,(H,29,34)/t25-/m0/s1. The fourth-order valence-electron chi connectivity index (χ4n) is 4.75. The van der Waals surface area contributed by atoms with Gasteiger partial charge in [-0.25, -0.2) is 5.01 Å². The molecule has 3 heterocycles. The summed E-state index contributed by atoms with van der Waals surface area (Å²) >= 11 is 0. The van der Waals surface area contributed by atoms with E-state index in [4.69, 9.17) is 9.52 Å². The maximum Gasteiger partial charge on any atom is 0.257 e. The highest BCUT2D eigenvalue weighted by Crippen LogP contribution is 2.33. The molecule has 0 unspecified atom stereocenters. The van der Waals surface area contributed by atoms with Gasteiger partial charge >= 0.3 is 0 Å². The van der Waals surface area contributed by atoms with Crippen LogP contribution in [0.3, 0.4) is 0 Å². The summed E-state index contributed by atoms with van der Waals surface area (Å²) in [4.78, 5) is 28.1. The largest absolute Gasteiger partial charge is 0.467 e. The number of amides is 2. The molecule has 7 heteroatoms. The lowest BCUT2D eigenvalue weighted by Gasteiger charge is -2.32. The number of rotatable bonds is 6. The van der Waals surface area contributed by atoms with Crippen LogP contribution in [-0.2, 0) is 9.59 Å². The lowest BCUT2D eigenvalue weighted by atomic mass is 9.95. The Morgan fingerprint density at radius 1 is 1.00 bits per heavy atom. The van der Waals surface area contributed by atoms with Gasteiger partial charge < -0.3 is 9.73 Å². The third-order valence-corrected chi connectivity index (χ3v) is 6.78. The van der Waals surface area contributed by atoms with Crippen LogP contribution in [0.25, 0.3) is 0 Å². The third kappa shape index (κ3) is 5.35. The topological polar surface area (TPSA) is 78.2 Å². The summed E-state index contributed by atoms with van der Waals surface area (Å²) in [6.45, 7) is 3.73. The normalized spacial score (nSPS) is 18.9. The van der Waals surface area contributed by atoms with Gasteiger partial charge in [0.25, 0.3) is 5.91 Å². The van der Waals surface area contributed by atoms with Crippen molar-refractivity contribution in [3.8, 4) is 0 Å². The maximum atomic E-state index is 13.4. The molecule has 0 bridgehead atoms. The van der Waals surface area contributed by atoms with Gasteiger partial charge in [-0.05, 0) is 62.7 Å². The Labute approximate surface area is 205 Å². The third-order valence-electron chi connectivity index (χ3n) is 6.78. The van der Waals surface area contributed by atoms with Crippen LogP contribution < -0.4 is 5.32 Å². The minimum atomic E-state index is -0.247. The van der Waals surface area contributed by atoms with E-state index in [9.17, 15) is 9.59 Å². The molecule has 0 radical (unpaired) electrons. The van der Waals surface area contributed by atoms with E-state index in [2.05, 4.69) is 29.3 Å². The molecule has 2 aliphatic rings. The van der Waals surface area contributed by atoms with E-state index in [1.54, 1.807) is 11.3 Å². The monoisotopic (exact) mass is 470 g/mol. The van der Waals surface area contributed by atoms with Crippen LogP contribution in [0.4, 0.5) is 5.69 Å². The van der Waals surface area contributed by atoms with Crippen LogP contribution in [0.5, 0.6) is 0 Å². The van der Waals surface area contributed by atoms with Crippen LogP contribution in [0.15, 0.2) is 82.5 Å². The molecule has 2 aliphatic heterocycles. The number of hydrogen-bond acceptors (Lipinski definition) is 5. The number of aryl methyl sites for hydroxylation is 1. The lowest BCUT2D eigenvalue weighted by molar-refractivity contribution is -0.135. The van der Waals surface area contributed by atoms with Crippen LogP contribution >= 0.6 is 0 Å². The lowest BCUT2D eigenvalue weighted by Crippen LogP contribution is -2.43. The second-order valence-corrected chi connectivity index (χ2v) is 9.29. The highest BCUT2D eigenvalue weighted by molar-refractivity contribution is 6.03. The highest BCUT2D eigenvalue weighted by Gasteiger charge is 2.36. The van der Waals surface area contributed by atoms with E-state index in [0.29, 0.717) is 19.5 Å². The summed E-state index contributed by atoms with van der Waals surface area (Å²) in [5, 5.41) is 9.31. The van der Waals surface area contributed by atoms with Crippen LogP contribution in [0.2, 0.25) is 0 Å². The van der Waals surface area contributed by atoms with Crippen LogP contribution in [0, 0.1) is 12.8 Å². The van der Waals surface area contributed by atoms with Crippen molar-refractivity contribution in [2.75, 3.05) is 25.0 Å². The Bertz CT molecular complexity index is 1180. The van der Waals surface area contributed by atoms with E-state index in [1.165, 1.54) is 5.56 Å². The molecule has 1 saturated heterocycles. The first kappa shape index (κ1) is 23.1. The average molecular weight is 471 g/mol. The number of nitrogens with zero attached hydrogens (tertiary/aromatic N) is 3. The quantitative estimate of drug-likeness (QED) is 0.570. The van der Waals surface area contributed by atoms with Gasteiger partial charge in [0.15, 0.2) is 0 Å². The van der Waals surface area contributed by atoms with Gasteiger partial charge in [-0.15, -0.1) is 0 Å². The average Bonchev–Trinajstić information content (AvgIpc) is 3.56. The van der Waals surface area contributed by atoms with E-state index in [-0.39, 0.29) is 30.3 Å². The van der Waals surface area contributed by atoms with Crippen molar-refractivity contribution in [3.63, 3.8) is 0 Å². The van der Waals surface area contributed by atoms with E-state index < -0.39 is 0 Å². The number of hydrazone groups is 1. The van der Waals surface area contributed by atoms with Gasteiger partial charge in [-0.2, -0.15) is 5.10 Å². The first-order chi connectivity index (χ1) is 17.1. The number of furan rings is 1. The van der Waals surface area contributed by atoms with Gasteiger partial charge in [-0.3, -0.25) is 14.5 Å². The van der Waals surface area contributed by atoms with E-state index >= 15 is 0 Å². The molecular formula is C28H30N4O3. The summed E-state index contributed by atoms with van der Waals surface area (Å²) in [6.07, 6.45) is 3.70. The molecule has 2 aromatic carbocycles. The van der Waals surface area contributed by atoms with Crippen molar-refractivity contribution in [2.24, 2.45) is 11.0 Å². The SMILES string of the molecule is Cc1ccc(C2=NN(C(=O)CN3CCC(C(=O)Nc4ccccc4)CC3)[C@H](c3ccco3)C2)cc1. The van der Waals surface area contributed by atoms with E-state index in [1.807, 2.05) is 54.6 Å². The predicted molar refractivity (Wildman–Crippen MR) is 135 cm³/mol. The number of piperidine rings is 1. The van der Waals surface area contributed by atoms with Crippen LogP contribution in [0.1, 0.15) is 42.2 Å². The van der Waals surface area contributed by atoms with Gasteiger partial charge in [0, 0.05) is 18.0 Å². The number of carbonyl (C=O) groups is 2. The molecule has 5 rings (SSSR count). The Morgan fingerprint density at radius 2 is 1.74 bits per heavy atom. The van der Waals surface area contributed by atoms with Gasteiger partial charge in [-0.1, -0.05) is 48.0 Å². The first-order valence-electron chi connectivity index (χ1n) is 12.1. The zero-order valence-corrected chi connectivity index (χ0v) is 19.9. The molecule has 35 heavy (non-hydrogen) atoms. The number of para-hydroxylation sites is 1. The number of benzene rings is 2. The highest BCUT2D eigenvalue weighted by atomic mass is 16.3. The van der Waals surface area contributed by atoms with Gasteiger partial charge in [0.1, 0.15) is 11.8 Å². The molecule has 0 aliphatic carbocycles. The van der Waals surface area contributed by atoms with Crippen molar-refractivity contribution in [1.82, 2.24) is 9.91 Å². The Kier molecular flexibility index (Phi) is 6.77. The summed E-state index contributed by atoms with van der Waals surface area (Å²) < 4.78 is 5.66. The Balaban J connectivity index is 1.21. The molecule has 1 atom stereocenters. The first-order valence-corrected chi connectivity index (χ1v) is 12.1. The molecule has 1 N–H and O–H groups in total. The van der Waals surface area contributed by atoms with Crippen molar-refractivity contribution in [2.45, 2.75) is 32.2 Å². The predicted octanol–water partition coefficient (Wildman–Crippen LogP) is 4.62. The molecule has 180 valence electrons. The second-order valence-electron chi connectivity index (χ2n) is 9.29.